The Labute approximate surface area is 129 Å². The highest BCUT2D eigenvalue weighted by atomic mass is 16.5. The summed E-state index contributed by atoms with van der Waals surface area (Å²) in [7, 11) is 0. The molecule has 1 aromatic rings. The molecule has 0 aromatic heterocycles. The molecule has 0 saturated carbocycles. The Bertz CT molecular complexity index is 509. The quantitative estimate of drug-likeness (QED) is 0.688. The molecule has 6 nitrogen and oxygen atoms in total. The van der Waals surface area contributed by atoms with Crippen molar-refractivity contribution in [2.45, 2.75) is 38.3 Å². The van der Waals surface area contributed by atoms with Gasteiger partial charge in [0.05, 0.1) is 12.4 Å². The fraction of sp³-hybridized carbons (Fsp3) is 0.500. The first-order valence-electron chi connectivity index (χ1n) is 7.57. The van der Waals surface area contributed by atoms with E-state index in [2.05, 4.69) is 5.32 Å². The summed E-state index contributed by atoms with van der Waals surface area (Å²) in [6, 6.07) is 6.45. The van der Waals surface area contributed by atoms with Crippen LogP contribution in [-0.4, -0.2) is 37.2 Å². The first-order valence-corrected chi connectivity index (χ1v) is 7.57. The van der Waals surface area contributed by atoms with E-state index in [0.717, 1.165) is 25.0 Å². The van der Waals surface area contributed by atoms with Gasteiger partial charge in [0.2, 0.25) is 5.91 Å². The van der Waals surface area contributed by atoms with Crippen LogP contribution in [0.5, 0.6) is 0 Å². The number of carboxylic acid groups (broad SMARTS) is 1. The van der Waals surface area contributed by atoms with Crippen molar-refractivity contribution in [3.63, 3.8) is 0 Å². The van der Waals surface area contributed by atoms with Crippen molar-refractivity contribution < 1.29 is 24.7 Å². The van der Waals surface area contributed by atoms with Gasteiger partial charge in [-0.2, -0.15) is 0 Å². The molecule has 0 spiro atoms. The van der Waals surface area contributed by atoms with Crippen molar-refractivity contribution in [3.8, 4) is 0 Å². The lowest BCUT2D eigenvalue weighted by molar-refractivity contribution is -0.687. The zero-order valence-electron chi connectivity index (χ0n) is 12.7. The van der Waals surface area contributed by atoms with Gasteiger partial charge in [-0.05, 0) is 31.9 Å². The number of amides is 1. The molecule has 3 N–H and O–H groups in total. The number of ether oxygens (including phenoxy) is 1. The molecule has 22 heavy (non-hydrogen) atoms. The summed E-state index contributed by atoms with van der Waals surface area (Å²) in [4.78, 5) is 23.1. The molecule has 1 heterocycles. The highest BCUT2D eigenvalue weighted by Crippen LogP contribution is 2.10. The average Bonchev–Trinajstić information content (AvgIpc) is 2.99. The molecule has 120 valence electrons. The standard InChI is InChI=1S/C16H22N2O4/c1-11-4-6-12(7-5-11)18-15(19)9-14(16(20)21)17-10-13-3-2-8-22-13/h4-7,13-14,17H,2-3,8-10H2,1H3,(H,18,19)(H,20,21)/t13-,14-/m1/s1. The summed E-state index contributed by atoms with van der Waals surface area (Å²) < 4.78 is 5.45. The summed E-state index contributed by atoms with van der Waals surface area (Å²) in [5.41, 5.74) is 1.75. The number of nitrogens with one attached hydrogen (secondary N) is 1. The van der Waals surface area contributed by atoms with Crippen molar-refractivity contribution in [1.29, 1.82) is 0 Å². The molecule has 0 radical (unpaired) electrons. The van der Waals surface area contributed by atoms with Gasteiger partial charge in [0, 0.05) is 12.3 Å². The van der Waals surface area contributed by atoms with Crippen LogP contribution in [0.3, 0.4) is 0 Å². The van der Waals surface area contributed by atoms with E-state index in [1.807, 2.05) is 19.1 Å². The van der Waals surface area contributed by atoms with Crippen LogP contribution in [-0.2, 0) is 14.3 Å². The van der Waals surface area contributed by atoms with E-state index in [1.165, 1.54) is 0 Å². The Morgan fingerprint density at radius 3 is 2.73 bits per heavy atom. The molecule has 0 aliphatic carbocycles. The van der Waals surface area contributed by atoms with Crippen LogP contribution in [0.15, 0.2) is 24.3 Å². The zero-order valence-corrected chi connectivity index (χ0v) is 12.7. The minimum atomic E-state index is -1.22. The molecule has 6 heteroatoms. The van der Waals surface area contributed by atoms with Gasteiger partial charge in [0.15, 0.2) is 0 Å². The highest BCUT2D eigenvalue weighted by Gasteiger charge is 2.23. The van der Waals surface area contributed by atoms with E-state index < -0.39 is 12.0 Å². The van der Waals surface area contributed by atoms with Gasteiger partial charge in [-0.3, -0.25) is 4.79 Å². The number of rotatable bonds is 7. The summed E-state index contributed by atoms with van der Waals surface area (Å²) in [5, 5.41) is 15.5. The minimum absolute atomic E-state index is 0.0713. The third kappa shape index (κ3) is 5.13. The Morgan fingerprint density at radius 1 is 1.41 bits per heavy atom. The van der Waals surface area contributed by atoms with Crippen molar-refractivity contribution in [3.05, 3.63) is 29.8 Å². The predicted molar refractivity (Wildman–Crippen MR) is 79.0 cm³/mol. The lowest BCUT2D eigenvalue weighted by Crippen LogP contribution is -2.94. The number of benzene rings is 1. The van der Waals surface area contributed by atoms with Crippen LogP contribution < -0.4 is 15.7 Å². The van der Waals surface area contributed by atoms with Gasteiger partial charge < -0.3 is 25.3 Å². The Morgan fingerprint density at radius 2 is 2.14 bits per heavy atom. The maximum Gasteiger partial charge on any atom is 0.230 e. The first kappa shape index (κ1) is 16.5. The first-order chi connectivity index (χ1) is 10.5. The molecule has 0 bridgehead atoms. The molecule has 1 aromatic carbocycles. The molecule has 1 aliphatic heterocycles. The van der Waals surface area contributed by atoms with E-state index in [0.29, 0.717) is 12.2 Å². The second kappa shape index (κ2) is 7.91. The number of aliphatic carboxylic acids is 1. The van der Waals surface area contributed by atoms with E-state index >= 15 is 0 Å². The Balaban J connectivity index is 1.82. The van der Waals surface area contributed by atoms with Crippen LogP contribution in [0.1, 0.15) is 24.8 Å². The van der Waals surface area contributed by atoms with Crippen LogP contribution >= 0.6 is 0 Å². The topological polar surface area (TPSA) is 95.1 Å². The monoisotopic (exact) mass is 306 g/mol. The fourth-order valence-electron chi connectivity index (χ4n) is 2.46. The van der Waals surface area contributed by atoms with Crippen LogP contribution in [0.4, 0.5) is 5.69 Å². The average molecular weight is 306 g/mol. The number of carbonyl (C=O) groups excluding carboxylic acids is 2. The number of aryl methyl sites for hydroxylation is 1. The third-order valence-electron chi connectivity index (χ3n) is 3.75. The van der Waals surface area contributed by atoms with Crippen molar-refractivity contribution >= 4 is 17.6 Å². The number of hydrogen-bond acceptors (Lipinski definition) is 4. The summed E-state index contributed by atoms with van der Waals surface area (Å²) >= 11 is 0. The van der Waals surface area contributed by atoms with Crippen molar-refractivity contribution in [2.75, 3.05) is 18.5 Å². The molecule has 0 unspecified atom stereocenters. The number of carboxylic acids is 1. The number of carbonyl (C=O) groups is 2. The maximum atomic E-state index is 12.0. The molecule has 1 saturated heterocycles. The van der Waals surface area contributed by atoms with E-state index in [9.17, 15) is 14.7 Å². The van der Waals surface area contributed by atoms with Crippen LogP contribution in [0.25, 0.3) is 0 Å². The molecule has 1 aliphatic rings. The molecular formula is C16H22N2O4. The van der Waals surface area contributed by atoms with Gasteiger partial charge in [-0.1, -0.05) is 17.7 Å². The lowest BCUT2D eigenvalue weighted by atomic mass is 10.1. The fourth-order valence-corrected chi connectivity index (χ4v) is 2.46. The highest BCUT2D eigenvalue weighted by molar-refractivity contribution is 5.93. The largest absolute Gasteiger partial charge is 0.544 e. The van der Waals surface area contributed by atoms with Crippen molar-refractivity contribution in [1.82, 2.24) is 0 Å². The minimum Gasteiger partial charge on any atom is -0.544 e. The summed E-state index contributed by atoms with van der Waals surface area (Å²) in [5.74, 6) is -1.56. The van der Waals surface area contributed by atoms with Gasteiger partial charge in [-0.25, -0.2) is 0 Å². The summed E-state index contributed by atoms with van der Waals surface area (Å²) in [6.45, 7) is 3.22. The SMILES string of the molecule is Cc1ccc(NC(=O)C[C@@H]([NH2+]C[C@H]2CCCO2)C(=O)[O-])cc1. The third-order valence-corrected chi connectivity index (χ3v) is 3.75. The number of quaternary nitrogens is 1. The van der Waals surface area contributed by atoms with E-state index in [-0.39, 0.29) is 18.4 Å². The van der Waals surface area contributed by atoms with Crippen LogP contribution in [0, 0.1) is 6.92 Å². The number of nitrogens with two attached hydrogens (primary N) is 1. The molecular weight excluding hydrogens is 284 g/mol. The predicted octanol–water partition coefficient (Wildman–Crippen LogP) is -0.815. The van der Waals surface area contributed by atoms with Gasteiger partial charge in [0.1, 0.15) is 18.7 Å². The summed E-state index contributed by atoms with van der Waals surface area (Å²) in [6.07, 6.45) is 1.89. The molecule has 2 rings (SSSR count). The van der Waals surface area contributed by atoms with Gasteiger partial charge >= 0.3 is 0 Å². The van der Waals surface area contributed by atoms with Crippen LogP contribution in [0.2, 0.25) is 0 Å². The second-order valence-electron chi connectivity index (χ2n) is 5.65. The lowest BCUT2D eigenvalue weighted by Gasteiger charge is -2.18. The normalized spacial score (nSPS) is 18.9. The van der Waals surface area contributed by atoms with E-state index in [4.69, 9.17) is 4.74 Å². The Hall–Kier alpha value is -1.92. The van der Waals surface area contributed by atoms with Crippen molar-refractivity contribution in [2.24, 2.45) is 0 Å². The molecule has 1 amide bonds. The molecule has 1 fully saturated rings. The van der Waals surface area contributed by atoms with Gasteiger partial charge in [-0.15, -0.1) is 0 Å². The number of hydrogen-bond donors (Lipinski definition) is 2. The Kier molecular flexibility index (Phi) is 5.91. The second-order valence-corrected chi connectivity index (χ2v) is 5.65. The van der Waals surface area contributed by atoms with Gasteiger partial charge in [0.25, 0.3) is 0 Å². The maximum absolute atomic E-state index is 12.0. The zero-order chi connectivity index (χ0) is 15.9. The number of anilines is 1. The van der Waals surface area contributed by atoms with E-state index in [1.54, 1.807) is 17.4 Å². The molecule has 2 atom stereocenters. The smallest absolute Gasteiger partial charge is 0.230 e.